The third kappa shape index (κ3) is 2.68. The fraction of sp³-hybridized carbons (Fsp3) is 0.400. The van der Waals surface area contributed by atoms with Gasteiger partial charge in [0.15, 0.2) is 5.65 Å². The molecule has 0 unspecified atom stereocenters. The monoisotopic (exact) mass is 241 g/mol. The van der Waals surface area contributed by atoms with Gasteiger partial charge in [-0.3, -0.25) is 0 Å². The zero-order valence-electron chi connectivity index (χ0n) is 9.13. The zero-order chi connectivity index (χ0) is 12.3. The number of nitrogens with zero attached hydrogens (tertiary/aromatic N) is 4. The molecule has 2 heterocycles. The molecular formula is C10H13F2N5. The highest BCUT2D eigenvalue weighted by Gasteiger charge is 2.13. The van der Waals surface area contributed by atoms with Gasteiger partial charge >= 0.3 is 0 Å². The summed E-state index contributed by atoms with van der Waals surface area (Å²) in [6.45, 7) is 0.287. The topological polar surface area (TPSA) is 59.5 Å². The fourth-order valence-corrected chi connectivity index (χ4v) is 1.60. The largest absolute Gasteiger partial charge is 0.350 e. The lowest BCUT2D eigenvalue weighted by Crippen LogP contribution is -2.34. The van der Waals surface area contributed by atoms with Gasteiger partial charge in [-0.25, -0.2) is 18.3 Å². The van der Waals surface area contributed by atoms with E-state index in [0.29, 0.717) is 24.6 Å². The molecule has 2 N–H and O–H groups in total. The standard InChI is InChI=1S/C10H13F2N5/c11-8(12)7-16(6-3-13)9-2-5-17-10(15-9)1-4-14-17/h1-2,4-5,8H,3,6-7,13H2. The molecule has 92 valence electrons. The van der Waals surface area contributed by atoms with Crippen LogP contribution >= 0.6 is 0 Å². The Morgan fingerprint density at radius 1 is 1.41 bits per heavy atom. The second kappa shape index (κ2) is 5.05. The highest BCUT2D eigenvalue weighted by Crippen LogP contribution is 2.13. The van der Waals surface area contributed by atoms with Gasteiger partial charge in [0, 0.05) is 25.4 Å². The van der Waals surface area contributed by atoms with Crippen LogP contribution in [-0.2, 0) is 0 Å². The van der Waals surface area contributed by atoms with Crippen LogP contribution in [0, 0.1) is 0 Å². The van der Waals surface area contributed by atoms with Gasteiger partial charge in [-0.2, -0.15) is 5.10 Å². The van der Waals surface area contributed by atoms with Crippen LogP contribution in [0.1, 0.15) is 0 Å². The summed E-state index contributed by atoms with van der Waals surface area (Å²) in [7, 11) is 0. The lowest BCUT2D eigenvalue weighted by atomic mass is 10.4. The van der Waals surface area contributed by atoms with Gasteiger partial charge in [0.25, 0.3) is 6.43 Å². The number of hydrogen-bond acceptors (Lipinski definition) is 4. The van der Waals surface area contributed by atoms with Crippen molar-refractivity contribution in [3.63, 3.8) is 0 Å². The van der Waals surface area contributed by atoms with Crippen molar-refractivity contribution in [2.75, 3.05) is 24.5 Å². The molecule has 2 aromatic rings. The van der Waals surface area contributed by atoms with Crippen molar-refractivity contribution in [1.82, 2.24) is 14.6 Å². The molecule has 0 aliphatic heterocycles. The lowest BCUT2D eigenvalue weighted by molar-refractivity contribution is 0.155. The minimum Gasteiger partial charge on any atom is -0.350 e. The Bertz CT molecular complexity index is 484. The summed E-state index contributed by atoms with van der Waals surface area (Å²) in [5, 5.41) is 3.99. The first-order valence-electron chi connectivity index (χ1n) is 5.24. The summed E-state index contributed by atoms with van der Waals surface area (Å²) < 4.78 is 26.4. The van der Waals surface area contributed by atoms with Crippen LogP contribution in [0.15, 0.2) is 24.5 Å². The smallest absolute Gasteiger partial charge is 0.255 e. The first-order valence-corrected chi connectivity index (χ1v) is 5.24. The molecule has 17 heavy (non-hydrogen) atoms. The minimum atomic E-state index is -2.41. The predicted molar refractivity (Wildman–Crippen MR) is 60.3 cm³/mol. The Hall–Kier alpha value is -1.76. The predicted octanol–water partition coefficient (Wildman–Crippen LogP) is 0.759. The van der Waals surface area contributed by atoms with Crippen molar-refractivity contribution in [3.8, 4) is 0 Å². The maximum absolute atomic E-state index is 12.4. The number of fused-ring (bicyclic) bond motifs is 1. The highest BCUT2D eigenvalue weighted by atomic mass is 19.3. The summed E-state index contributed by atoms with van der Waals surface area (Å²) in [5.74, 6) is 0.490. The molecule has 0 aliphatic rings. The number of halogens is 2. The van der Waals surface area contributed by atoms with Gasteiger partial charge in [0.1, 0.15) is 5.82 Å². The van der Waals surface area contributed by atoms with E-state index in [2.05, 4.69) is 10.1 Å². The van der Waals surface area contributed by atoms with Crippen LogP contribution in [0.25, 0.3) is 5.65 Å². The van der Waals surface area contributed by atoms with Crippen LogP contribution < -0.4 is 10.6 Å². The zero-order valence-corrected chi connectivity index (χ0v) is 9.13. The van der Waals surface area contributed by atoms with Crippen molar-refractivity contribution in [2.24, 2.45) is 5.73 Å². The van der Waals surface area contributed by atoms with Crippen molar-refractivity contribution < 1.29 is 8.78 Å². The number of nitrogens with two attached hydrogens (primary N) is 1. The van der Waals surface area contributed by atoms with E-state index in [-0.39, 0.29) is 6.54 Å². The van der Waals surface area contributed by atoms with Gasteiger partial charge in [-0.1, -0.05) is 0 Å². The molecule has 0 bridgehead atoms. The highest BCUT2D eigenvalue weighted by molar-refractivity contribution is 5.47. The van der Waals surface area contributed by atoms with E-state index < -0.39 is 6.43 Å². The summed E-state index contributed by atoms with van der Waals surface area (Å²) in [5.41, 5.74) is 6.03. The molecule has 0 spiro atoms. The van der Waals surface area contributed by atoms with E-state index in [1.54, 1.807) is 29.0 Å². The summed E-state index contributed by atoms with van der Waals surface area (Å²) in [6.07, 6.45) is 0.878. The number of aromatic nitrogens is 3. The second-order valence-corrected chi connectivity index (χ2v) is 3.55. The van der Waals surface area contributed by atoms with Gasteiger partial charge in [-0.15, -0.1) is 0 Å². The van der Waals surface area contributed by atoms with Gasteiger partial charge in [-0.05, 0) is 6.07 Å². The lowest BCUT2D eigenvalue weighted by Gasteiger charge is -2.22. The first-order chi connectivity index (χ1) is 8.20. The number of hydrogen-bond donors (Lipinski definition) is 1. The average molecular weight is 241 g/mol. The SMILES string of the molecule is NCCN(CC(F)F)c1ccn2nccc2n1. The Kier molecular flexibility index (Phi) is 3.48. The molecular weight excluding hydrogens is 228 g/mol. The average Bonchev–Trinajstić information content (AvgIpc) is 2.74. The Morgan fingerprint density at radius 3 is 2.94 bits per heavy atom. The second-order valence-electron chi connectivity index (χ2n) is 3.55. The Morgan fingerprint density at radius 2 is 2.24 bits per heavy atom. The quantitative estimate of drug-likeness (QED) is 0.839. The molecule has 0 aromatic carbocycles. The number of anilines is 1. The summed E-state index contributed by atoms with van der Waals surface area (Å²) in [4.78, 5) is 5.71. The Balaban J connectivity index is 2.26. The maximum Gasteiger partial charge on any atom is 0.255 e. The third-order valence-electron chi connectivity index (χ3n) is 2.32. The van der Waals surface area contributed by atoms with Crippen molar-refractivity contribution in [1.29, 1.82) is 0 Å². The first kappa shape index (κ1) is 11.7. The van der Waals surface area contributed by atoms with Crippen LogP contribution in [0.5, 0.6) is 0 Å². The fourth-order valence-electron chi connectivity index (χ4n) is 1.60. The summed E-state index contributed by atoms with van der Waals surface area (Å²) in [6, 6.07) is 3.37. The molecule has 0 fully saturated rings. The van der Waals surface area contributed by atoms with E-state index in [1.165, 1.54) is 4.90 Å². The molecule has 0 amide bonds. The van der Waals surface area contributed by atoms with Crippen molar-refractivity contribution >= 4 is 11.5 Å². The van der Waals surface area contributed by atoms with E-state index in [0.717, 1.165) is 0 Å². The van der Waals surface area contributed by atoms with Gasteiger partial charge in [0.05, 0.1) is 12.7 Å². The molecule has 0 aliphatic carbocycles. The number of alkyl halides is 2. The van der Waals surface area contributed by atoms with E-state index >= 15 is 0 Å². The maximum atomic E-state index is 12.4. The molecule has 7 heteroatoms. The van der Waals surface area contributed by atoms with Gasteiger partial charge in [0.2, 0.25) is 0 Å². The van der Waals surface area contributed by atoms with Crippen LogP contribution in [0.4, 0.5) is 14.6 Å². The van der Waals surface area contributed by atoms with Crippen molar-refractivity contribution in [3.05, 3.63) is 24.5 Å². The van der Waals surface area contributed by atoms with E-state index in [4.69, 9.17) is 5.73 Å². The molecule has 0 saturated carbocycles. The molecule has 5 nitrogen and oxygen atoms in total. The molecule has 2 rings (SSSR count). The molecule has 0 saturated heterocycles. The van der Waals surface area contributed by atoms with E-state index in [1.807, 2.05) is 0 Å². The van der Waals surface area contributed by atoms with E-state index in [9.17, 15) is 8.78 Å². The normalized spacial score (nSPS) is 11.3. The van der Waals surface area contributed by atoms with Crippen LogP contribution in [-0.4, -0.2) is 40.7 Å². The van der Waals surface area contributed by atoms with Crippen LogP contribution in [0.3, 0.4) is 0 Å². The van der Waals surface area contributed by atoms with Gasteiger partial charge < -0.3 is 10.6 Å². The van der Waals surface area contributed by atoms with Crippen molar-refractivity contribution in [2.45, 2.75) is 6.43 Å². The Labute approximate surface area is 96.8 Å². The molecule has 0 atom stereocenters. The third-order valence-corrected chi connectivity index (χ3v) is 2.32. The molecule has 2 aromatic heterocycles. The summed E-state index contributed by atoms with van der Waals surface area (Å²) >= 11 is 0. The van der Waals surface area contributed by atoms with Crippen LogP contribution in [0.2, 0.25) is 0 Å². The number of rotatable bonds is 5. The molecule has 0 radical (unpaired) electrons. The minimum absolute atomic E-state index is 0.304.